The van der Waals surface area contributed by atoms with E-state index in [4.69, 9.17) is 0 Å². The summed E-state index contributed by atoms with van der Waals surface area (Å²) < 4.78 is 0. The molecule has 1 heterocycles. The lowest BCUT2D eigenvalue weighted by Crippen LogP contribution is -1.89. The number of hydrogen-bond donors (Lipinski definition) is 0. The zero-order chi connectivity index (χ0) is 6.81. The Bertz CT molecular complexity index is 207. The molecule has 10 heavy (non-hydrogen) atoms. The Hall–Kier alpha value is -0.0800. The highest BCUT2D eigenvalue weighted by Crippen LogP contribution is 2.40. The first kappa shape index (κ1) is 6.62. The van der Waals surface area contributed by atoms with E-state index in [-0.39, 0.29) is 0 Å². The Morgan fingerprint density at radius 3 is 3.00 bits per heavy atom. The van der Waals surface area contributed by atoms with Crippen molar-refractivity contribution in [2.45, 2.75) is 11.3 Å². The highest BCUT2D eigenvalue weighted by atomic mass is 33.1. The lowest BCUT2D eigenvalue weighted by molar-refractivity contribution is 1.16. The van der Waals surface area contributed by atoms with Crippen LogP contribution in [0.3, 0.4) is 0 Å². The molecule has 0 nitrogen and oxygen atoms in total. The third-order valence-corrected chi connectivity index (χ3v) is 3.69. The predicted molar refractivity (Wildman–Crippen MR) is 47.9 cm³/mol. The van der Waals surface area contributed by atoms with E-state index in [1.54, 1.807) is 0 Å². The van der Waals surface area contributed by atoms with Gasteiger partial charge in [0.25, 0.3) is 0 Å². The highest BCUT2D eigenvalue weighted by Gasteiger charge is 2.07. The fourth-order valence-corrected chi connectivity index (χ4v) is 2.98. The molecule has 1 aromatic carbocycles. The van der Waals surface area contributed by atoms with Crippen LogP contribution in [0.25, 0.3) is 0 Å². The summed E-state index contributed by atoms with van der Waals surface area (Å²) in [7, 11) is 3.68. The molecule has 0 fully saturated rings. The standard InChI is InChI=1S/C8H7S2/c1-2-4-8-7(3-1)5-6-9-10-8/h1-4,6H,5H2. The van der Waals surface area contributed by atoms with Crippen LogP contribution in [0.1, 0.15) is 5.56 Å². The molecule has 0 aromatic heterocycles. The lowest BCUT2D eigenvalue weighted by atomic mass is 10.2. The Morgan fingerprint density at radius 1 is 1.20 bits per heavy atom. The summed E-state index contributed by atoms with van der Waals surface area (Å²) >= 11 is 0. The van der Waals surface area contributed by atoms with Crippen LogP contribution in [-0.4, -0.2) is 0 Å². The van der Waals surface area contributed by atoms with Crippen molar-refractivity contribution in [3.8, 4) is 0 Å². The van der Waals surface area contributed by atoms with E-state index in [1.807, 2.05) is 21.6 Å². The topological polar surface area (TPSA) is 0 Å². The first-order chi connectivity index (χ1) is 4.97. The average Bonchev–Trinajstić information content (AvgIpc) is 2.05. The van der Waals surface area contributed by atoms with Crippen molar-refractivity contribution in [1.29, 1.82) is 0 Å². The zero-order valence-corrected chi connectivity index (χ0v) is 7.04. The van der Waals surface area contributed by atoms with Gasteiger partial charge in [-0.15, -0.1) is 0 Å². The SMILES string of the molecule is [CH]1Cc2ccccc2SS1. The van der Waals surface area contributed by atoms with Crippen LogP contribution in [0.4, 0.5) is 0 Å². The largest absolute Gasteiger partial charge is 0.0839 e. The van der Waals surface area contributed by atoms with Gasteiger partial charge < -0.3 is 0 Å². The van der Waals surface area contributed by atoms with Crippen LogP contribution in [-0.2, 0) is 6.42 Å². The number of benzene rings is 1. The fraction of sp³-hybridized carbons (Fsp3) is 0.125. The van der Waals surface area contributed by atoms with Gasteiger partial charge in [0.05, 0.1) is 0 Å². The van der Waals surface area contributed by atoms with Crippen LogP contribution in [0.2, 0.25) is 0 Å². The molecular weight excluding hydrogens is 160 g/mol. The summed E-state index contributed by atoms with van der Waals surface area (Å²) in [5.74, 6) is 2.24. The summed E-state index contributed by atoms with van der Waals surface area (Å²) in [4.78, 5) is 1.43. The molecule has 0 N–H and O–H groups in total. The summed E-state index contributed by atoms with van der Waals surface area (Å²) in [5, 5.41) is 0. The molecule has 0 unspecified atom stereocenters. The van der Waals surface area contributed by atoms with Crippen LogP contribution in [0, 0.1) is 5.75 Å². The van der Waals surface area contributed by atoms with Gasteiger partial charge in [-0.2, -0.15) is 0 Å². The second-order valence-electron chi connectivity index (χ2n) is 2.16. The van der Waals surface area contributed by atoms with Gasteiger partial charge in [-0.05, 0) is 18.1 Å². The minimum atomic E-state index is 1.12. The molecule has 0 saturated carbocycles. The van der Waals surface area contributed by atoms with Gasteiger partial charge >= 0.3 is 0 Å². The Kier molecular flexibility index (Phi) is 1.91. The van der Waals surface area contributed by atoms with Crippen molar-refractivity contribution in [2.24, 2.45) is 0 Å². The van der Waals surface area contributed by atoms with Crippen LogP contribution >= 0.6 is 21.6 Å². The van der Waals surface area contributed by atoms with E-state index in [9.17, 15) is 0 Å². The first-order valence-corrected chi connectivity index (χ1v) is 5.41. The minimum absolute atomic E-state index is 1.12. The lowest BCUT2D eigenvalue weighted by Gasteiger charge is -2.12. The second kappa shape index (κ2) is 2.89. The summed E-state index contributed by atoms with van der Waals surface area (Å²) in [5.41, 5.74) is 1.46. The molecule has 0 saturated heterocycles. The fourth-order valence-electron chi connectivity index (χ4n) is 0.963. The molecule has 51 valence electrons. The van der Waals surface area contributed by atoms with E-state index >= 15 is 0 Å². The Morgan fingerprint density at radius 2 is 2.10 bits per heavy atom. The smallest absolute Gasteiger partial charge is 0.0326 e. The minimum Gasteiger partial charge on any atom is -0.0839 e. The molecule has 0 amide bonds. The average molecular weight is 167 g/mol. The number of fused-ring (bicyclic) bond motifs is 1. The van der Waals surface area contributed by atoms with Gasteiger partial charge in [-0.3, -0.25) is 0 Å². The third-order valence-electron chi connectivity index (χ3n) is 1.48. The van der Waals surface area contributed by atoms with Gasteiger partial charge in [0.2, 0.25) is 0 Å². The van der Waals surface area contributed by atoms with Gasteiger partial charge in [-0.1, -0.05) is 39.8 Å². The molecule has 2 heteroatoms. The van der Waals surface area contributed by atoms with E-state index < -0.39 is 0 Å². The second-order valence-corrected chi connectivity index (χ2v) is 4.37. The van der Waals surface area contributed by atoms with Gasteiger partial charge in [0.1, 0.15) is 0 Å². The summed E-state index contributed by atoms with van der Waals surface area (Å²) in [6.07, 6.45) is 1.12. The summed E-state index contributed by atoms with van der Waals surface area (Å²) in [6, 6.07) is 8.57. The number of rotatable bonds is 0. The van der Waals surface area contributed by atoms with Crippen molar-refractivity contribution in [3.63, 3.8) is 0 Å². The maximum Gasteiger partial charge on any atom is 0.0326 e. The maximum absolute atomic E-state index is 2.24. The van der Waals surface area contributed by atoms with E-state index in [2.05, 4.69) is 30.0 Å². The van der Waals surface area contributed by atoms with Crippen LogP contribution in [0.15, 0.2) is 29.2 Å². The number of hydrogen-bond acceptors (Lipinski definition) is 2. The highest BCUT2D eigenvalue weighted by molar-refractivity contribution is 8.77. The predicted octanol–water partition coefficient (Wildman–Crippen LogP) is 3.14. The van der Waals surface area contributed by atoms with Gasteiger partial charge in [0.15, 0.2) is 0 Å². The molecule has 1 aliphatic rings. The molecule has 0 bridgehead atoms. The molecule has 1 aromatic rings. The van der Waals surface area contributed by atoms with Crippen molar-refractivity contribution in [2.75, 3.05) is 0 Å². The Balaban J connectivity index is 2.41. The molecule has 0 aliphatic carbocycles. The van der Waals surface area contributed by atoms with E-state index in [0.717, 1.165) is 6.42 Å². The molecule has 2 rings (SSSR count). The summed E-state index contributed by atoms with van der Waals surface area (Å²) in [6.45, 7) is 0. The van der Waals surface area contributed by atoms with Gasteiger partial charge in [-0.25, -0.2) is 0 Å². The van der Waals surface area contributed by atoms with Crippen LogP contribution < -0.4 is 0 Å². The molecular formula is C8H7S2. The van der Waals surface area contributed by atoms with Crippen LogP contribution in [0.5, 0.6) is 0 Å². The molecule has 0 atom stereocenters. The van der Waals surface area contributed by atoms with Crippen molar-refractivity contribution in [1.82, 2.24) is 0 Å². The first-order valence-electron chi connectivity index (χ1n) is 3.20. The normalized spacial score (nSPS) is 16.4. The molecule has 0 spiro atoms. The van der Waals surface area contributed by atoms with Crippen molar-refractivity contribution in [3.05, 3.63) is 35.6 Å². The van der Waals surface area contributed by atoms with Gasteiger partial charge in [0, 0.05) is 10.6 Å². The molecule has 1 aliphatic heterocycles. The van der Waals surface area contributed by atoms with E-state index in [1.165, 1.54) is 10.5 Å². The third kappa shape index (κ3) is 1.18. The van der Waals surface area contributed by atoms with E-state index in [0.29, 0.717) is 0 Å². The maximum atomic E-state index is 2.24. The zero-order valence-electron chi connectivity index (χ0n) is 5.41. The molecule has 1 radical (unpaired) electrons. The van der Waals surface area contributed by atoms with Crippen molar-refractivity contribution >= 4 is 21.6 Å². The Labute approximate surface area is 68.8 Å². The quantitative estimate of drug-likeness (QED) is 0.544. The van der Waals surface area contributed by atoms with Crippen molar-refractivity contribution < 1.29 is 0 Å². The monoisotopic (exact) mass is 167 g/mol.